The van der Waals surface area contributed by atoms with E-state index in [9.17, 15) is 22.4 Å². The number of halogens is 1. The number of amides is 2. The molecule has 1 aliphatic heterocycles. The lowest BCUT2D eigenvalue weighted by atomic mass is 10.2. The second-order valence-corrected chi connectivity index (χ2v) is 8.95. The summed E-state index contributed by atoms with van der Waals surface area (Å²) in [5.41, 5.74) is 6.90. The minimum absolute atomic E-state index is 0.111. The topological polar surface area (TPSA) is 140 Å². The van der Waals surface area contributed by atoms with Crippen molar-refractivity contribution in [3.8, 4) is 0 Å². The van der Waals surface area contributed by atoms with Crippen molar-refractivity contribution in [1.29, 1.82) is 0 Å². The van der Waals surface area contributed by atoms with Crippen LogP contribution in [0.25, 0.3) is 11.0 Å². The lowest BCUT2D eigenvalue weighted by molar-refractivity contribution is 0.0726. The first kappa shape index (κ1) is 22.6. The number of nitrogens with two attached hydrogens (primary N) is 1. The monoisotopic (exact) mass is 476 g/mol. The van der Waals surface area contributed by atoms with Gasteiger partial charge in [-0.15, -0.1) is 0 Å². The third kappa shape index (κ3) is 4.51. The van der Waals surface area contributed by atoms with E-state index in [4.69, 9.17) is 10.5 Å². The molecule has 13 heteroatoms. The van der Waals surface area contributed by atoms with Crippen LogP contribution in [0.3, 0.4) is 0 Å². The lowest BCUT2D eigenvalue weighted by Gasteiger charge is -2.25. The first-order valence-corrected chi connectivity index (χ1v) is 11.3. The number of carbonyl (C=O) groups excluding carboxylic acids is 2. The van der Waals surface area contributed by atoms with Gasteiger partial charge >= 0.3 is 16.2 Å². The van der Waals surface area contributed by atoms with E-state index in [0.29, 0.717) is 11.2 Å². The second kappa shape index (κ2) is 8.77. The van der Waals surface area contributed by atoms with Gasteiger partial charge in [0.1, 0.15) is 5.82 Å². The van der Waals surface area contributed by atoms with Crippen molar-refractivity contribution >= 4 is 44.8 Å². The molecule has 1 aliphatic rings. The van der Waals surface area contributed by atoms with Crippen LogP contribution >= 0.6 is 0 Å². The zero-order valence-electron chi connectivity index (χ0n) is 17.6. The van der Waals surface area contributed by atoms with E-state index >= 15 is 0 Å². The van der Waals surface area contributed by atoms with E-state index in [1.165, 1.54) is 42.3 Å². The molecule has 2 aromatic carbocycles. The zero-order chi connectivity index (χ0) is 23.8. The molecule has 0 radical (unpaired) electrons. The molecule has 1 saturated heterocycles. The van der Waals surface area contributed by atoms with E-state index in [1.54, 1.807) is 6.07 Å². The minimum Gasteiger partial charge on any atom is -0.379 e. The van der Waals surface area contributed by atoms with E-state index < -0.39 is 28.0 Å². The Morgan fingerprint density at radius 1 is 1.18 bits per heavy atom. The summed E-state index contributed by atoms with van der Waals surface area (Å²) >= 11 is 0. The quantitative estimate of drug-likeness (QED) is 0.576. The highest BCUT2D eigenvalue weighted by molar-refractivity contribution is 7.87. The summed E-state index contributed by atoms with van der Waals surface area (Å²) in [6.45, 7) is 0.667. The number of benzene rings is 2. The number of hydrogen-bond donors (Lipinski definition) is 2. The van der Waals surface area contributed by atoms with E-state index in [-0.39, 0.29) is 43.3 Å². The maximum absolute atomic E-state index is 13.5. The Balaban J connectivity index is 1.64. The molecule has 0 saturated carbocycles. The molecule has 0 spiro atoms. The molecule has 1 aromatic heterocycles. The summed E-state index contributed by atoms with van der Waals surface area (Å²) in [7, 11) is -2.64. The van der Waals surface area contributed by atoms with Gasteiger partial charge in [0.15, 0.2) is 0 Å². The molecule has 0 atom stereocenters. The number of rotatable bonds is 4. The van der Waals surface area contributed by atoms with Gasteiger partial charge < -0.3 is 15.4 Å². The Hall–Kier alpha value is -3.55. The number of nitrogen functional groups attached to an aromatic ring is 1. The van der Waals surface area contributed by atoms with Crippen LogP contribution in [0.4, 0.5) is 20.8 Å². The Bertz CT molecular complexity index is 1340. The standard InChI is InChI=1S/C20H21FN6O5S/c1-25(18(28)13-3-2-4-14(21)11-13)15-5-6-16-17(12-15)27(19(22)23-16)20(29)24-33(30,31)26-7-9-32-10-8-26/h2-6,11-12H,7-10H2,1H3,(H2,22,23)(H,24,29). The number of carbonyl (C=O) groups is 2. The molecule has 3 N–H and O–H groups in total. The van der Waals surface area contributed by atoms with Gasteiger partial charge in [-0.2, -0.15) is 12.7 Å². The minimum atomic E-state index is -4.12. The third-order valence-electron chi connectivity index (χ3n) is 5.16. The Labute approximate surface area is 188 Å². The van der Waals surface area contributed by atoms with Gasteiger partial charge in [-0.3, -0.25) is 4.79 Å². The van der Waals surface area contributed by atoms with E-state index in [0.717, 1.165) is 14.9 Å². The van der Waals surface area contributed by atoms with E-state index in [2.05, 4.69) is 4.98 Å². The normalized spacial score (nSPS) is 14.8. The molecule has 1 fully saturated rings. The maximum atomic E-state index is 13.5. The molecule has 2 amide bonds. The summed E-state index contributed by atoms with van der Waals surface area (Å²) in [6.07, 6.45) is 0. The molecule has 0 aliphatic carbocycles. The summed E-state index contributed by atoms with van der Waals surface area (Å²) in [6, 6.07) is 8.82. The molecular formula is C20H21FN6O5S. The number of ether oxygens (including phenoxy) is 1. The molecular weight excluding hydrogens is 455 g/mol. The highest BCUT2D eigenvalue weighted by Gasteiger charge is 2.28. The number of anilines is 2. The Kier molecular flexibility index (Phi) is 6.01. The van der Waals surface area contributed by atoms with Crippen LogP contribution < -0.4 is 15.4 Å². The molecule has 0 bridgehead atoms. The third-order valence-corrected chi connectivity index (χ3v) is 6.63. The first-order valence-electron chi connectivity index (χ1n) is 9.89. The van der Waals surface area contributed by atoms with Gasteiger partial charge in [-0.05, 0) is 36.4 Å². The van der Waals surface area contributed by atoms with Crippen LogP contribution in [0, 0.1) is 5.82 Å². The highest BCUT2D eigenvalue weighted by atomic mass is 32.2. The average Bonchev–Trinajstić information content (AvgIpc) is 3.13. The summed E-state index contributed by atoms with van der Waals surface area (Å²) < 4.78 is 47.8. The van der Waals surface area contributed by atoms with Crippen LogP contribution in [0.5, 0.6) is 0 Å². The molecule has 0 unspecified atom stereocenters. The Morgan fingerprint density at radius 3 is 2.61 bits per heavy atom. The number of hydrogen-bond acceptors (Lipinski definition) is 7. The zero-order valence-corrected chi connectivity index (χ0v) is 18.4. The largest absolute Gasteiger partial charge is 0.379 e. The fourth-order valence-corrected chi connectivity index (χ4v) is 4.52. The summed E-state index contributed by atoms with van der Waals surface area (Å²) in [5.74, 6) is -1.25. The molecule has 174 valence electrons. The van der Waals surface area contributed by atoms with Gasteiger partial charge in [-0.25, -0.2) is 23.5 Å². The van der Waals surface area contributed by atoms with Crippen LogP contribution in [0.1, 0.15) is 10.4 Å². The molecule has 4 rings (SSSR count). The van der Waals surface area contributed by atoms with Gasteiger partial charge in [0.25, 0.3) is 5.91 Å². The number of nitrogens with zero attached hydrogens (tertiary/aromatic N) is 4. The Morgan fingerprint density at radius 2 is 1.91 bits per heavy atom. The predicted octanol–water partition coefficient (Wildman–Crippen LogP) is 1.17. The van der Waals surface area contributed by atoms with Gasteiger partial charge in [0.05, 0.1) is 24.2 Å². The van der Waals surface area contributed by atoms with Crippen molar-refractivity contribution in [3.05, 3.63) is 53.8 Å². The van der Waals surface area contributed by atoms with Crippen molar-refractivity contribution < 1.29 is 27.1 Å². The SMILES string of the molecule is CN(C(=O)c1cccc(F)c1)c1ccc2nc(N)n(C(=O)NS(=O)(=O)N3CCOCC3)c2c1. The maximum Gasteiger partial charge on any atom is 0.343 e. The molecule has 2 heterocycles. The van der Waals surface area contributed by atoms with Gasteiger partial charge in [0, 0.05) is 31.4 Å². The van der Waals surface area contributed by atoms with Crippen LogP contribution in [-0.2, 0) is 14.9 Å². The number of morpholine rings is 1. The van der Waals surface area contributed by atoms with Crippen LogP contribution in [0.2, 0.25) is 0 Å². The van der Waals surface area contributed by atoms with Crippen molar-refractivity contribution in [2.75, 3.05) is 44.0 Å². The number of fused-ring (bicyclic) bond motifs is 1. The smallest absolute Gasteiger partial charge is 0.343 e. The highest BCUT2D eigenvalue weighted by Crippen LogP contribution is 2.25. The molecule has 3 aromatic rings. The van der Waals surface area contributed by atoms with Gasteiger partial charge in [0.2, 0.25) is 5.95 Å². The number of imidazole rings is 1. The predicted molar refractivity (Wildman–Crippen MR) is 119 cm³/mol. The summed E-state index contributed by atoms with van der Waals surface area (Å²) in [5, 5.41) is 0. The van der Waals surface area contributed by atoms with Crippen LogP contribution in [-0.4, -0.2) is 67.6 Å². The molecule has 11 nitrogen and oxygen atoms in total. The fraction of sp³-hybridized carbons (Fsp3) is 0.250. The van der Waals surface area contributed by atoms with E-state index in [1.807, 2.05) is 4.72 Å². The van der Waals surface area contributed by atoms with Gasteiger partial charge in [-0.1, -0.05) is 6.07 Å². The lowest BCUT2D eigenvalue weighted by Crippen LogP contribution is -2.49. The molecule has 33 heavy (non-hydrogen) atoms. The van der Waals surface area contributed by atoms with Crippen molar-refractivity contribution in [1.82, 2.24) is 18.6 Å². The van der Waals surface area contributed by atoms with Crippen molar-refractivity contribution in [2.45, 2.75) is 0 Å². The number of aromatic nitrogens is 2. The fourth-order valence-electron chi connectivity index (χ4n) is 3.44. The van der Waals surface area contributed by atoms with Crippen molar-refractivity contribution in [3.63, 3.8) is 0 Å². The number of nitrogens with one attached hydrogen (secondary N) is 1. The average molecular weight is 476 g/mol. The van der Waals surface area contributed by atoms with Crippen LogP contribution in [0.15, 0.2) is 42.5 Å². The first-order chi connectivity index (χ1) is 15.7. The summed E-state index contributed by atoms with van der Waals surface area (Å²) in [4.78, 5) is 31.0. The second-order valence-electron chi connectivity index (χ2n) is 7.28. The van der Waals surface area contributed by atoms with Crippen molar-refractivity contribution in [2.24, 2.45) is 0 Å².